The molecule has 1 aliphatic rings. The van der Waals surface area contributed by atoms with Crippen LogP contribution in [0, 0.1) is 6.92 Å². The molecule has 5 nitrogen and oxygen atoms in total. The molecule has 2 aromatic heterocycles. The minimum atomic E-state index is 0.0264. The summed E-state index contributed by atoms with van der Waals surface area (Å²) in [5, 5.41) is 3.54. The summed E-state index contributed by atoms with van der Waals surface area (Å²) in [6.07, 6.45) is 4.60. The number of nitrogens with one attached hydrogen (secondary N) is 1. The first-order chi connectivity index (χ1) is 13.1. The molecule has 0 saturated carbocycles. The fraction of sp³-hybridized carbons (Fsp3) is 0.364. The van der Waals surface area contributed by atoms with Crippen LogP contribution in [0.5, 0.6) is 5.75 Å². The highest BCUT2D eigenvalue weighted by Crippen LogP contribution is 2.27. The third-order valence-corrected chi connectivity index (χ3v) is 5.29. The van der Waals surface area contributed by atoms with Gasteiger partial charge in [0.2, 0.25) is 0 Å². The minimum absolute atomic E-state index is 0.0264. The second-order valence-electron chi connectivity index (χ2n) is 7.15. The molecule has 3 aromatic rings. The van der Waals surface area contributed by atoms with Crippen LogP contribution in [0.3, 0.4) is 0 Å². The summed E-state index contributed by atoms with van der Waals surface area (Å²) in [5.41, 5.74) is 4.85. The number of hydrogen-bond acceptors (Lipinski definition) is 4. The van der Waals surface area contributed by atoms with Crippen LogP contribution in [0.15, 0.2) is 47.4 Å². The highest BCUT2D eigenvalue weighted by atomic mass is 16.5. The Bertz CT molecular complexity index is 1030. The number of aryl methyl sites for hydroxylation is 2. The van der Waals surface area contributed by atoms with Gasteiger partial charge >= 0.3 is 0 Å². The van der Waals surface area contributed by atoms with Gasteiger partial charge in [-0.2, -0.15) is 0 Å². The predicted molar refractivity (Wildman–Crippen MR) is 107 cm³/mol. The third-order valence-electron chi connectivity index (χ3n) is 5.29. The molecule has 1 aliphatic heterocycles. The molecule has 0 bridgehead atoms. The van der Waals surface area contributed by atoms with Gasteiger partial charge in [0, 0.05) is 30.0 Å². The van der Waals surface area contributed by atoms with Gasteiger partial charge in [-0.15, -0.1) is 0 Å². The summed E-state index contributed by atoms with van der Waals surface area (Å²) in [7, 11) is 0. The molecular formula is C22H25N3O2. The molecule has 27 heavy (non-hydrogen) atoms. The smallest absolute Gasteiger partial charge is 0.261 e. The normalized spacial score (nSPS) is 14.6. The maximum absolute atomic E-state index is 12.7. The van der Waals surface area contributed by atoms with Crippen LogP contribution >= 0.6 is 0 Å². The van der Waals surface area contributed by atoms with Crippen molar-refractivity contribution in [1.29, 1.82) is 0 Å². The fourth-order valence-electron chi connectivity index (χ4n) is 3.71. The van der Waals surface area contributed by atoms with Crippen molar-refractivity contribution in [2.24, 2.45) is 0 Å². The Labute approximate surface area is 159 Å². The van der Waals surface area contributed by atoms with Gasteiger partial charge in [-0.05, 0) is 62.4 Å². The summed E-state index contributed by atoms with van der Waals surface area (Å²) in [4.78, 5) is 17.3. The number of rotatable bonds is 5. The average molecular weight is 363 g/mol. The summed E-state index contributed by atoms with van der Waals surface area (Å²) in [6.45, 7) is 5.61. The van der Waals surface area contributed by atoms with Gasteiger partial charge in [0.15, 0.2) is 0 Å². The lowest BCUT2D eigenvalue weighted by molar-refractivity contribution is 0.288. The van der Waals surface area contributed by atoms with Crippen LogP contribution in [-0.2, 0) is 12.8 Å². The van der Waals surface area contributed by atoms with Crippen LogP contribution in [0.25, 0.3) is 5.65 Å². The van der Waals surface area contributed by atoms with E-state index < -0.39 is 0 Å². The first-order valence-electron chi connectivity index (χ1n) is 9.59. The van der Waals surface area contributed by atoms with Crippen LogP contribution in [0.4, 0.5) is 0 Å². The second-order valence-corrected chi connectivity index (χ2v) is 7.15. The first kappa shape index (κ1) is 17.7. The topological polar surface area (TPSA) is 55.6 Å². The van der Waals surface area contributed by atoms with Gasteiger partial charge in [-0.1, -0.05) is 18.2 Å². The summed E-state index contributed by atoms with van der Waals surface area (Å²) < 4.78 is 7.31. The average Bonchev–Trinajstić information content (AvgIpc) is 2.70. The number of benzene rings is 1. The Hall–Kier alpha value is -2.66. The van der Waals surface area contributed by atoms with E-state index >= 15 is 0 Å². The van der Waals surface area contributed by atoms with Gasteiger partial charge in [-0.3, -0.25) is 9.20 Å². The fourth-order valence-corrected chi connectivity index (χ4v) is 3.71. The molecule has 1 atom stereocenters. The molecule has 0 radical (unpaired) electrons. The lowest BCUT2D eigenvalue weighted by Crippen LogP contribution is -2.27. The zero-order valence-corrected chi connectivity index (χ0v) is 15.9. The van der Waals surface area contributed by atoms with Crippen molar-refractivity contribution >= 4 is 5.65 Å². The van der Waals surface area contributed by atoms with E-state index in [2.05, 4.69) is 35.4 Å². The molecule has 0 aliphatic carbocycles. The zero-order chi connectivity index (χ0) is 18.8. The highest BCUT2D eigenvalue weighted by Gasteiger charge is 2.14. The number of aromatic nitrogens is 2. The molecular weight excluding hydrogens is 338 g/mol. The Morgan fingerprint density at radius 2 is 2.19 bits per heavy atom. The molecule has 1 N–H and O–H groups in total. The molecule has 0 spiro atoms. The predicted octanol–water partition coefficient (Wildman–Crippen LogP) is 3.22. The standard InChI is InChI=1S/C22H25N3O2/c1-15(17-8-9-20-18(14-17)6-5-13-27-20)23-11-10-19-16(2)24-21-7-3-4-12-25(21)22(19)26/h3-4,7-9,12,14-15,23H,5-6,10-11,13H2,1-2H3. The van der Waals surface area contributed by atoms with Gasteiger partial charge < -0.3 is 10.1 Å². The Morgan fingerprint density at radius 1 is 1.30 bits per heavy atom. The molecule has 0 saturated heterocycles. The molecule has 4 rings (SSSR count). The number of ether oxygens (including phenoxy) is 1. The first-order valence-corrected chi connectivity index (χ1v) is 9.59. The molecule has 3 heterocycles. The van der Waals surface area contributed by atoms with Crippen molar-refractivity contribution in [2.75, 3.05) is 13.2 Å². The Morgan fingerprint density at radius 3 is 3.07 bits per heavy atom. The third kappa shape index (κ3) is 3.60. The second kappa shape index (κ2) is 7.53. The SMILES string of the molecule is Cc1nc2ccccn2c(=O)c1CCNC(C)c1ccc2c(c1)CCCO2. The molecule has 1 unspecified atom stereocenters. The van der Waals surface area contributed by atoms with E-state index in [1.165, 1.54) is 11.1 Å². The van der Waals surface area contributed by atoms with Crippen LogP contribution in [0.1, 0.15) is 41.8 Å². The minimum Gasteiger partial charge on any atom is -0.493 e. The van der Waals surface area contributed by atoms with Crippen LogP contribution in [-0.4, -0.2) is 22.5 Å². The van der Waals surface area contributed by atoms with E-state index in [1.807, 2.05) is 25.1 Å². The van der Waals surface area contributed by atoms with E-state index in [4.69, 9.17) is 4.74 Å². The number of nitrogens with zero attached hydrogens (tertiary/aromatic N) is 2. The molecule has 0 amide bonds. The lowest BCUT2D eigenvalue weighted by Gasteiger charge is -2.20. The van der Waals surface area contributed by atoms with E-state index in [0.29, 0.717) is 12.1 Å². The van der Waals surface area contributed by atoms with Crippen molar-refractivity contribution in [3.63, 3.8) is 0 Å². The van der Waals surface area contributed by atoms with Crippen LogP contribution < -0.4 is 15.6 Å². The number of fused-ring (bicyclic) bond motifs is 2. The van der Waals surface area contributed by atoms with Gasteiger partial charge in [0.25, 0.3) is 5.56 Å². The van der Waals surface area contributed by atoms with Crippen molar-refractivity contribution in [2.45, 2.75) is 39.2 Å². The summed E-state index contributed by atoms with van der Waals surface area (Å²) in [6, 6.07) is 12.3. The van der Waals surface area contributed by atoms with Crippen LogP contribution in [0.2, 0.25) is 0 Å². The molecule has 140 valence electrons. The zero-order valence-electron chi connectivity index (χ0n) is 15.9. The largest absolute Gasteiger partial charge is 0.493 e. The lowest BCUT2D eigenvalue weighted by atomic mass is 10.00. The number of hydrogen-bond donors (Lipinski definition) is 1. The van der Waals surface area contributed by atoms with Crippen molar-refractivity contribution in [3.8, 4) is 5.75 Å². The Kier molecular flexibility index (Phi) is 4.94. The molecule has 5 heteroatoms. The Balaban J connectivity index is 1.45. The van der Waals surface area contributed by atoms with E-state index in [9.17, 15) is 4.79 Å². The van der Waals surface area contributed by atoms with Gasteiger partial charge in [0.1, 0.15) is 11.4 Å². The van der Waals surface area contributed by atoms with Crippen molar-refractivity contribution in [1.82, 2.24) is 14.7 Å². The highest BCUT2D eigenvalue weighted by molar-refractivity contribution is 5.41. The van der Waals surface area contributed by atoms with Crippen molar-refractivity contribution < 1.29 is 4.74 Å². The summed E-state index contributed by atoms with van der Waals surface area (Å²) >= 11 is 0. The van der Waals surface area contributed by atoms with E-state index in [1.54, 1.807) is 10.6 Å². The number of pyridine rings is 1. The van der Waals surface area contributed by atoms with Gasteiger partial charge in [0.05, 0.1) is 6.61 Å². The molecule has 1 aromatic carbocycles. The molecule has 0 fully saturated rings. The maximum atomic E-state index is 12.7. The van der Waals surface area contributed by atoms with E-state index in [-0.39, 0.29) is 11.6 Å². The quantitative estimate of drug-likeness (QED) is 0.756. The van der Waals surface area contributed by atoms with E-state index in [0.717, 1.165) is 43.0 Å². The summed E-state index contributed by atoms with van der Waals surface area (Å²) in [5.74, 6) is 1.02. The monoisotopic (exact) mass is 363 g/mol. The maximum Gasteiger partial charge on any atom is 0.261 e. The van der Waals surface area contributed by atoms with Crippen molar-refractivity contribution in [3.05, 3.63) is 75.3 Å². The van der Waals surface area contributed by atoms with Gasteiger partial charge in [-0.25, -0.2) is 4.98 Å².